The molecule has 1 aliphatic rings. The monoisotopic (exact) mass is 258 g/mol. The molecule has 0 aromatic heterocycles. The van der Waals surface area contributed by atoms with Gasteiger partial charge in [-0.15, -0.1) is 0 Å². The molecule has 0 aromatic carbocycles. The first-order chi connectivity index (χ1) is 8.51. The molecule has 7 nitrogen and oxygen atoms in total. The lowest BCUT2D eigenvalue weighted by molar-refractivity contribution is -0.142. The molecule has 102 valence electrons. The summed E-state index contributed by atoms with van der Waals surface area (Å²) in [6.45, 7) is 2.13. The summed E-state index contributed by atoms with van der Waals surface area (Å²) in [5.74, 6) is -1.55. The summed E-state index contributed by atoms with van der Waals surface area (Å²) in [5, 5.41) is 11.5. The molecule has 1 rings (SSSR count). The number of esters is 1. The van der Waals surface area contributed by atoms with Gasteiger partial charge in [0.15, 0.2) is 0 Å². The van der Waals surface area contributed by atoms with E-state index >= 15 is 0 Å². The van der Waals surface area contributed by atoms with Gasteiger partial charge in [0.1, 0.15) is 12.1 Å². The Balaban J connectivity index is 2.64. The van der Waals surface area contributed by atoms with Crippen LogP contribution in [0.5, 0.6) is 0 Å². The fraction of sp³-hybridized carbons (Fsp3) is 0.727. The second-order valence-corrected chi connectivity index (χ2v) is 4.12. The van der Waals surface area contributed by atoms with Crippen molar-refractivity contribution in [1.82, 2.24) is 10.2 Å². The molecule has 2 atom stereocenters. The highest BCUT2D eigenvalue weighted by Gasteiger charge is 2.35. The zero-order valence-corrected chi connectivity index (χ0v) is 10.5. The molecule has 0 spiro atoms. The fourth-order valence-electron chi connectivity index (χ4n) is 1.97. The number of hydrogen-bond acceptors (Lipinski definition) is 4. The zero-order chi connectivity index (χ0) is 13.7. The third-order valence-electron chi connectivity index (χ3n) is 2.99. The van der Waals surface area contributed by atoms with Crippen LogP contribution in [0.2, 0.25) is 0 Å². The molecule has 1 unspecified atom stereocenters. The Labute approximate surface area is 105 Å². The quantitative estimate of drug-likeness (QED) is 0.702. The van der Waals surface area contributed by atoms with Crippen LogP contribution < -0.4 is 5.32 Å². The number of methoxy groups -OCH3 is 1. The van der Waals surface area contributed by atoms with Crippen LogP contribution in [0, 0.1) is 0 Å². The van der Waals surface area contributed by atoms with Gasteiger partial charge in [0.2, 0.25) is 0 Å². The van der Waals surface area contributed by atoms with Crippen molar-refractivity contribution in [2.24, 2.45) is 0 Å². The summed E-state index contributed by atoms with van der Waals surface area (Å²) in [7, 11) is 1.24. The van der Waals surface area contributed by atoms with E-state index < -0.39 is 30.1 Å². The van der Waals surface area contributed by atoms with Crippen LogP contribution in [-0.4, -0.2) is 53.7 Å². The summed E-state index contributed by atoms with van der Waals surface area (Å²) in [6.07, 6.45) is 1.49. The lowest BCUT2D eigenvalue weighted by Gasteiger charge is -2.24. The maximum Gasteiger partial charge on any atom is 0.328 e. The lowest BCUT2D eigenvalue weighted by Crippen LogP contribution is -2.51. The fourth-order valence-corrected chi connectivity index (χ4v) is 1.97. The van der Waals surface area contributed by atoms with Crippen LogP contribution in [0.15, 0.2) is 0 Å². The van der Waals surface area contributed by atoms with Gasteiger partial charge in [0.25, 0.3) is 0 Å². The number of rotatable bonds is 4. The van der Waals surface area contributed by atoms with E-state index in [0.29, 0.717) is 25.8 Å². The van der Waals surface area contributed by atoms with Gasteiger partial charge in [-0.3, -0.25) is 0 Å². The predicted octanol–water partition coefficient (Wildman–Crippen LogP) is 0.197. The van der Waals surface area contributed by atoms with Crippen LogP contribution in [0.1, 0.15) is 26.2 Å². The normalized spacial score (nSPS) is 20.3. The Morgan fingerprint density at radius 1 is 1.50 bits per heavy atom. The van der Waals surface area contributed by atoms with Gasteiger partial charge in [-0.05, 0) is 19.3 Å². The van der Waals surface area contributed by atoms with Gasteiger partial charge in [-0.1, -0.05) is 6.92 Å². The molecular weight excluding hydrogens is 240 g/mol. The first-order valence-electron chi connectivity index (χ1n) is 5.89. The second kappa shape index (κ2) is 6.23. The minimum absolute atomic E-state index is 0.389. The van der Waals surface area contributed by atoms with E-state index in [1.54, 1.807) is 6.92 Å². The molecule has 0 radical (unpaired) electrons. The Morgan fingerprint density at radius 2 is 2.17 bits per heavy atom. The second-order valence-electron chi connectivity index (χ2n) is 4.12. The van der Waals surface area contributed by atoms with Crippen LogP contribution in [0.4, 0.5) is 4.79 Å². The maximum absolute atomic E-state index is 11.9. The van der Waals surface area contributed by atoms with Crippen molar-refractivity contribution in [3.8, 4) is 0 Å². The lowest BCUT2D eigenvalue weighted by atomic mass is 10.2. The Hall–Kier alpha value is -1.79. The molecular formula is C11H18N2O5. The van der Waals surface area contributed by atoms with Gasteiger partial charge in [0, 0.05) is 6.54 Å². The standard InChI is InChI=1S/C11H18N2O5/c1-3-7(10(16)18-2)12-11(17)13-6-4-5-8(13)9(14)15/h7-8H,3-6H2,1-2H3,(H,12,17)(H,14,15)/t7?,8-/m0/s1. The number of carbonyl (C=O) groups excluding carboxylic acids is 2. The minimum atomic E-state index is -1.02. The first kappa shape index (κ1) is 14.3. The highest BCUT2D eigenvalue weighted by molar-refractivity contribution is 5.87. The van der Waals surface area contributed by atoms with Gasteiger partial charge in [-0.2, -0.15) is 0 Å². The van der Waals surface area contributed by atoms with Crippen LogP contribution in [0.25, 0.3) is 0 Å². The van der Waals surface area contributed by atoms with Gasteiger partial charge < -0.3 is 20.1 Å². The SMILES string of the molecule is CCC(NC(=O)N1CCC[C@H]1C(=O)O)C(=O)OC. The van der Waals surface area contributed by atoms with Crippen molar-refractivity contribution >= 4 is 18.0 Å². The van der Waals surface area contributed by atoms with E-state index in [4.69, 9.17) is 5.11 Å². The summed E-state index contributed by atoms with van der Waals surface area (Å²) < 4.78 is 4.55. The van der Waals surface area contributed by atoms with Crippen LogP contribution >= 0.6 is 0 Å². The number of carbonyl (C=O) groups is 3. The number of urea groups is 1. The summed E-state index contributed by atoms with van der Waals surface area (Å²) >= 11 is 0. The third kappa shape index (κ3) is 3.12. The zero-order valence-electron chi connectivity index (χ0n) is 10.5. The highest BCUT2D eigenvalue weighted by Crippen LogP contribution is 2.17. The topological polar surface area (TPSA) is 95.9 Å². The molecule has 7 heteroatoms. The van der Waals surface area contributed by atoms with Crippen molar-refractivity contribution in [3.63, 3.8) is 0 Å². The number of likely N-dealkylation sites (tertiary alicyclic amines) is 1. The van der Waals surface area contributed by atoms with Gasteiger partial charge in [0.05, 0.1) is 7.11 Å². The smallest absolute Gasteiger partial charge is 0.328 e. The van der Waals surface area contributed by atoms with E-state index in [-0.39, 0.29) is 0 Å². The number of hydrogen-bond donors (Lipinski definition) is 2. The molecule has 0 bridgehead atoms. The average Bonchev–Trinajstić information content (AvgIpc) is 2.84. The molecule has 2 N–H and O–H groups in total. The first-order valence-corrected chi connectivity index (χ1v) is 5.89. The van der Waals surface area contributed by atoms with E-state index in [9.17, 15) is 14.4 Å². The van der Waals surface area contributed by atoms with Crippen molar-refractivity contribution in [3.05, 3.63) is 0 Å². The highest BCUT2D eigenvalue weighted by atomic mass is 16.5. The van der Waals surface area contributed by atoms with E-state index in [0.717, 1.165) is 0 Å². The number of carboxylic acid groups (broad SMARTS) is 1. The van der Waals surface area contributed by atoms with Crippen LogP contribution in [-0.2, 0) is 14.3 Å². The Kier molecular flexibility index (Phi) is 4.94. The summed E-state index contributed by atoms with van der Waals surface area (Å²) in [6, 6.07) is -2.07. The molecule has 1 heterocycles. The van der Waals surface area contributed by atoms with Crippen molar-refractivity contribution in [2.45, 2.75) is 38.3 Å². The molecule has 2 amide bonds. The maximum atomic E-state index is 11.9. The molecule has 0 saturated carbocycles. The number of nitrogens with one attached hydrogen (secondary N) is 1. The number of carboxylic acids is 1. The van der Waals surface area contributed by atoms with Crippen molar-refractivity contribution < 1.29 is 24.2 Å². The number of aliphatic carboxylic acids is 1. The molecule has 0 aromatic rings. The molecule has 0 aliphatic carbocycles. The third-order valence-corrected chi connectivity index (χ3v) is 2.99. The van der Waals surface area contributed by atoms with E-state index in [2.05, 4.69) is 10.1 Å². The largest absolute Gasteiger partial charge is 0.480 e. The molecule has 1 saturated heterocycles. The minimum Gasteiger partial charge on any atom is -0.480 e. The summed E-state index contributed by atoms with van der Waals surface area (Å²) in [5.41, 5.74) is 0. The van der Waals surface area contributed by atoms with Crippen molar-refractivity contribution in [2.75, 3.05) is 13.7 Å². The molecule has 1 aliphatic heterocycles. The number of ether oxygens (including phenoxy) is 1. The molecule has 1 fully saturated rings. The van der Waals surface area contributed by atoms with Crippen molar-refractivity contribution in [1.29, 1.82) is 0 Å². The number of amides is 2. The Bertz CT molecular complexity index is 344. The van der Waals surface area contributed by atoms with Gasteiger partial charge >= 0.3 is 18.0 Å². The Morgan fingerprint density at radius 3 is 2.67 bits per heavy atom. The van der Waals surface area contributed by atoms with Gasteiger partial charge in [-0.25, -0.2) is 14.4 Å². The summed E-state index contributed by atoms with van der Waals surface area (Å²) in [4.78, 5) is 35.4. The average molecular weight is 258 g/mol. The number of nitrogens with zero attached hydrogens (tertiary/aromatic N) is 1. The van der Waals surface area contributed by atoms with E-state index in [1.165, 1.54) is 12.0 Å². The molecule has 18 heavy (non-hydrogen) atoms. The van der Waals surface area contributed by atoms with Crippen LogP contribution in [0.3, 0.4) is 0 Å². The van der Waals surface area contributed by atoms with E-state index in [1.807, 2.05) is 0 Å². The predicted molar refractivity (Wildman–Crippen MR) is 62.0 cm³/mol.